The summed E-state index contributed by atoms with van der Waals surface area (Å²) in [6, 6.07) is 3.19. The summed E-state index contributed by atoms with van der Waals surface area (Å²) in [7, 11) is 0. The monoisotopic (exact) mass is 427 g/mol. The smallest absolute Gasteiger partial charge is 0.273 e. The van der Waals surface area contributed by atoms with E-state index in [1.807, 2.05) is 6.92 Å². The lowest BCUT2D eigenvalue weighted by Gasteiger charge is -2.17. The van der Waals surface area contributed by atoms with E-state index in [0.717, 1.165) is 30.1 Å². The first-order valence-electron chi connectivity index (χ1n) is 9.91. The van der Waals surface area contributed by atoms with Crippen LogP contribution in [0.3, 0.4) is 0 Å². The van der Waals surface area contributed by atoms with Crippen LogP contribution in [-0.4, -0.2) is 32.6 Å². The van der Waals surface area contributed by atoms with Gasteiger partial charge in [-0.2, -0.15) is 0 Å². The van der Waals surface area contributed by atoms with Crippen molar-refractivity contribution < 1.29 is 14.1 Å². The number of hydrogen-bond donors (Lipinski definition) is 1. The maximum Gasteiger partial charge on any atom is 0.273 e. The van der Waals surface area contributed by atoms with Gasteiger partial charge in [-0.1, -0.05) is 16.8 Å². The maximum atomic E-state index is 12.3. The summed E-state index contributed by atoms with van der Waals surface area (Å²) >= 11 is 5.87. The lowest BCUT2D eigenvalue weighted by Crippen LogP contribution is -2.26. The van der Waals surface area contributed by atoms with Gasteiger partial charge in [-0.15, -0.1) is 0 Å². The number of pyridine rings is 1. The second-order valence-electron chi connectivity index (χ2n) is 7.17. The molecule has 0 unspecified atom stereocenters. The van der Waals surface area contributed by atoms with Gasteiger partial charge in [0, 0.05) is 42.7 Å². The van der Waals surface area contributed by atoms with E-state index in [1.54, 1.807) is 18.3 Å². The molecule has 156 valence electrons. The summed E-state index contributed by atoms with van der Waals surface area (Å²) in [5, 5.41) is 7.11. The maximum absolute atomic E-state index is 12.3. The zero-order valence-electron chi connectivity index (χ0n) is 16.7. The van der Waals surface area contributed by atoms with Crippen LogP contribution < -0.4 is 10.1 Å². The number of carbonyl (C=O) groups is 1. The Morgan fingerprint density at radius 1 is 1.23 bits per heavy atom. The quantitative estimate of drug-likeness (QED) is 0.617. The number of nitrogens with one attached hydrogen (secondary N) is 1. The van der Waals surface area contributed by atoms with E-state index in [1.165, 1.54) is 24.6 Å². The summed E-state index contributed by atoms with van der Waals surface area (Å²) < 4.78 is 10.7. The lowest BCUT2D eigenvalue weighted by atomic mass is 9.95. The number of aromatic nitrogens is 4. The van der Waals surface area contributed by atoms with Crippen molar-refractivity contribution in [1.82, 2.24) is 25.4 Å². The first-order chi connectivity index (χ1) is 14.6. The van der Waals surface area contributed by atoms with Gasteiger partial charge in [0.1, 0.15) is 18.2 Å². The second-order valence-corrected chi connectivity index (χ2v) is 7.61. The van der Waals surface area contributed by atoms with E-state index in [2.05, 4.69) is 25.4 Å². The zero-order valence-corrected chi connectivity index (χ0v) is 17.4. The first kappa shape index (κ1) is 20.3. The molecule has 3 aromatic rings. The van der Waals surface area contributed by atoms with E-state index < -0.39 is 0 Å². The number of fused-ring (bicyclic) bond motifs is 1. The van der Waals surface area contributed by atoms with Crippen molar-refractivity contribution in [2.75, 3.05) is 6.54 Å². The molecule has 0 atom stereocenters. The summed E-state index contributed by atoms with van der Waals surface area (Å²) in [6.45, 7) is 2.57. The largest absolute Gasteiger partial charge is 0.484 e. The topological polar surface area (TPSA) is 103 Å². The minimum atomic E-state index is -0.316. The lowest BCUT2D eigenvalue weighted by molar-refractivity contribution is 0.0944. The van der Waals surface area contributed by atoms with Gasteiger partial charge in [-0.05, 0) is 38.2 Å². The predicted molar refractivity (Wildman–Crippen MR) is 110 cm³/mol. The molecule has 1 amide bonds. The van der Waals surface area contributed by atoms with Crippen LogP contribution in [0, 0.1) is 6.92 Å². The van der Waals surface area contributed by atoms with Crippen molar-refractivity contribution >= 4 is 17.5 Å². The van der Waals surface area contributed by atoms with Gasteiger partial charge >= 0.3 is 0 Å². The van der Waals surface area contributed by atoms with Crippen molar-refractivity contribution in [2.24, 2.45) is 0 Å². The van der Waals surface area contributed by atoms with E-state index >= 15 is 0 Å². The normalized spacial score (nSPS) is 13.0. The number of carbonyl (C=O) groups excluding carboxylic acids is 1. The molecule has 4 rings (SSSR count). The highest BCUT2D eigenvalue weighted by Crippen LogP contribution is 2.21. The third-order valence-corrected chi connectivity index (χ3v) is 5.13. The highest BCUT2D eigenvalue weighted by atomic mass is 35.5. The number of rotatable bonds is 7. The Morgan fingerprint density at radius 2 is 2.10 bits per heavy atom. The van der Waals surface area contributed by atoms with Crippen LogP contribution in [0.2, 0.25) is 5.02 Å². The van der Waals surface area contributed by atoms with Crippen LogP contribution in [0.1, 0.15) is 51.9 Å². The molecule has 0 saturated heterocycles. The van der Waals surface area contributed by atoms with E-state index in [-0.39, 0.29) is 18.2 Å². The van der Waals surface area contributed by atoms with Gasteiger partial charge in [0.2, 0.25) is 0 Å². The molecule has 0 radical (unpaired) electrons. The average molecular weight is 428 g/mol. The Bertz CT molecular complexity index is 1050. The fourth-order valence-corrected chi connectivity index (χ4v) is 3.61. The van der Waals surface area contributed by atoms with Crippen LogP contribution in [0.25, 0.3) is 0 Å². The number of amides is 1. The molecule has 0 aromatic carbocycles. The standard InChI is InChI=1S/C21H22ClN5O3/c1-13-17-4-2-3-5-18(17)26-20(25-13)6-7-24-21(28)19-9-16(30-27-19)12-29-15-8-14(22)10-23-11-15/h8-11H,2-7,12H2,1H3,(H,24,28). The van der Waals surface area contributed by atoms with Crippen LogP contribution in [-0.2, 0) is 25.9 Å². The third kappa shape index (κ3) is 4.94. The van der Waals surface area contributed by atoms with Crippen molar-refractivity contribution in [2.45, 2.75) is 45.6 Å². The molecule has 0 spiro atoms. The zero-order chi connectivity index (χ0) is 20.9. The Labute approximate surface area is 179 Å². The van der Waals surface area contributed by atoms with E-state index in [0.29, 0.717) is 29.5 Å². The fourth-order valence-electron chi connectivity index (χ4n) is 3.45. The summed E-state index contributed by atoms with van der Waals surface area (Å²) in [6.07, 6.45) is 8.06. The molecule has 0 bridgehead atoms. The number of aryl methyl sites for hydroxylation is 2. The number of nitrogens with zero attached hydrogens (tertiary/aromatic N) is 4. The van der Waals surface area contributed by atoms with Gasteiger partial charge in [0.15, 0.2) is 11.5 Å². The summed E-state index contributed by atoms with van der Waals surface area (Å²) in [5.41, 5.74) is 3.70. The third-order valence-electron chi connectivity index (χ3n) is 4.92. The van der Waals surface area contributed by atoms with Crippen molar-refractivity contribution in [3.8, 4) is 5.75 Å². The van der Waals surface area contributed by atoms with Crippen molar-refractivity contribution in [1.29, 1.82) is 0 Å². The number of halogens is 1. The Hall–Kier alpha value is -3.00. The van der Waals surface area contributed by atoms with Gasteiger partial charge in [0.25, 0.3) is 5.91 Å². The molecular formula is C21H22ClN5O3. The van der Waals surface area contributed by atoms with Gasteiger partial charge in [0.05, 0.1) is 11.2 Å². The Kier molecular flexibility index (Phi) is 6.23. The molecule has 1 aliphatic carbocycles. The molecular weight excluding hydrogens is 406 g/mol. The molecule has 1 aliphatic rings. The van der Waals surface area contributed by atoms with Crippen LogP contribution >= 0.6 is 11.6 Å². The Morgan fingerprint density at radius 3 is 2.97 bits per heavy atom. The highest BCUT2D eigenvalue weighted by molar-refractivity contribution is 6.30. The SMILES string of the molecule is Cc1nc(CCNC(=O)c2cc(COc3cncc(Cl)c3)on2)nc2c1CCCC2. The number of ether oxygens (including phenoxy) is 1. The average Bonchev–Trinajstić information content (AvgIpc) is 3.22. The molecule has 0 saturated carbocycles. The molecule has 3 aromatic heterocycles. The van der Waals surface area contributed by atoms with Crippen molar-refractivity contribution in [3.63, 3.8) is 0 Å². The summed E-state index contributed by atoms with van der Waals surface area (Å²) in [5.74, 6) is 1.38. The highest BCUT2D eigenvalue weighted by Gasteiger charge is 2.16. The second kappa shape index (κ2) is 9.21. The minimum absolute atomic E-state index is 0.116. The molecule has 9 heteroatoms. The fraction of sp³-hybridized carbons (Fsp3) is 0.381. The first-order valence-corrected chi connectivity index (χ1v) is 10.3. The molecule has 30 heavy (non-hydrogen) atoms. The van der Waals surface area contributed by atoms with Crippen LogP contribution in [0.15, 0.2) is 29.0 Å². The molecule has 0 aliphatic heterocycles. The van der Waals surface area contributed by atoms with Gasteiger partial charge < -0.3 is 14.6 Å². The molecule has 1 N–H and O–H groups in total. The van der Waals surface area contributed by atoms with E-state index in [9.17, 15) is 4.79 Å². The minimum Gasteiger partial charge on any atom is -0.484 e. The van der Waals surface area contributed by atoms with Crippen LogP contribution in [0.4, 0.5) is 0 Å². The summed E-state index contributed by atoms with van der Waals surface area (Å²) in [4.78, 5) is 25.5. The number of hydrogen-bond acceptors (Lipinski definition) is 7. The molecule has 0 fully saturated rings. The Balaban J connectivity index is 1.28. The van der Waals surface area contributed by atoms with Crippen LogP contribution in [0.5, 0.6) is 5.75 Å². The predicted octanol–water partition coefficient (Wildman–Crippen LogP) is 3.25. The van der Waals surface area contributed by atoms with Crippen molar-refractivity contribution in [3.05, 3.63) is 63.8 Å². The molecule has 8 nitrogen and oxygen atoms in total. The molecule has 3 heterocycles. The van der Waals surface area contributed by atoms with Gasteiger partial charge in [-0.3, -0.25) is 9.78 Å². The van der Waals surface area contributed by atoms with Gasteiger partial charge in [-0.25, -0.2) is 9.97 Å². The van der Waals surface area contributed by atoms with E-state index in [4.69, 9.17) is 20.9 Å².